The van der Waals surface area contributed by atoms with Gasteiger partial charge in [0.15, 0.2) is 0 Å². The number of aromatic nitrogens is 1. The highest BCUT2D eigenvalue weighted by Crippen LogP contribution is 2.33. The monoisotopic (exact) mass is 437 g/mol. The van der Waals surface area contributed by atoms with E-state index in [4.69, 9.17) is 9.11 Å². The molecule has 1 atom stereocenters. The zero-order chi connectivity index (χ0) is 21.1. The van der Waals surface area contributed by atoms with Gasteiger partial charge in [0.2, 0.25) is 0 Å². The van der Waals surface area contributed by atoms with E-state index in [-0.39, 0.29) is 11.5 Å². The fraction of sp³-hybridized carbons (Fsp3) is 0.0556. The number of rotatable bonds is 7. The summed E-state index contributed by atoms with van der Waals surface area (Å²) in [5.74, 6) is -0.676. The van der Waals surface area contributed by atoms with Crippen molar-refractivity contribution in [2.24, 2.45) is 0 Å². The average molecular weight is 437 g/mol. The largest absolute Gasteiger partial charge is 0.446 e. The molecule has 0 aliphatic carbocycles. The highest BCUT2D eigenvalue weighted by Gasteiger charge is 2.20. The van der Waals surface area contributed by atoms with E-state index in [1.807, 2.05) is 30.3 Å². The van der Waals surface area contributed by atoms with Crippen molar-refractivity contribution in [1.82, 2.24) is 4.98 Å². The van der Waals surface area contributed by atoms with Crippen LogP contribution in [0.15, 0.2) is 72.9 Å². The molecule has 11 heteroatoms. The summed E-state index contributed by atoms with van der Waals surface area (Å²) in [6, 6.07) is 17.7. The van der Waals surface area contributed by atoms with E-state index < -0.39 is 26.7 Å². The molecule has 0 bridgehead atoms. The zero-order valence-corrected chi connectivity index (χ0v) is 16.2. The molecule has 0 aliphatic heterocycles. The van der Waals surface area contributed by atoms with Crippen molar-refractivity contribution < 1.29 is 34.3 Å². The van der Waals surface area contributed by atoms with E-state index >= 15 is 0 Å². The summed E-state index contributed by atoms with van der Waals surface area (Å²) in [6.45, 7) is 0. The number of hydrogen-bond donors (Lipinski definition) is 2. The van der Waals surface area contributed by atoms with Crippen molar-refractivity contribution >= 4 is 20.8 Å². The second kappa shape index (κ2) is 8.17. The molecule has 1 unspecified atom stereocenters. The van der Waals surface area contributed by atoms with Crippen molar-refractivity contribution in [3.63, 3.8) is 0 Å². The first-order valence-corrected chi connectivity index (χ1v) is 10.8. The van der Waals surface area contributed by atoms with E-state index in [2.05, 4.69) is 13.4 Å². The van der Waals surface area contributed by atoms with Gasteiger partial charge < -0.3 is 8.37 Å². The lowest BCUT2D eigenvalue weighted by Gasteiger charge is -2.18. The van der Waals surface area contributed by atoms with Gasteiger partial charge >= 0.3 is 20.8 Å². The van der Waals surface area contributed by atoms with E-state index in [0.29, 0.717) is 11.3 Å². The van der Waals surface area contributed by atoms with Crippen molar-refractivity contribution in [2.75, 3.05) is 0 Å². The van der Waals surface area contributed by atoms with E-state index in [9.17, 15) is 16.8 Å². The zero-order valence-electron chi connectivity index (χ0n) is 14.6. The Hall–Kier alpha value is -2.99. The Morgan fingerprint density at radius 3 is 1.86 bits per heavy atom. The minimum absolute atomic E-state index is 0.0838. The van der Waals surface area contributed by atoms with Gasteiger partial charge in [-0.3, -0.25) is 14.1 Å². The Morgan fingerprint density at radius 1 is 0.724 bits per heavy atom. The van der Waals surface area contributed by atoms with Gasteiger partial charge in [0.1, 0.15) is 11.5 Å². The third-order valence-corrected chi connectivity index (χ3v) is 4.60. The smallest absolute Gasteiger partial charge is 0.362 e. The van der Waals surface area contributed by atoms with Crippen LogP contribution in [0, 0.1) is 0 Å². The molecule has 0 amide bonds. The maximum Gasteiger partial charge on any atom is 0.446 e. The molecule has 0 spiro atoms. The molecule has 0 saturated heterocycles. The molecule has 3 aromatic rings. The van der Waals surface area contributed by atoms with Crippen molar-refractivity contribution in [2.45, 2.75) is 5.92 Å². The number of nitrogens with zero attached hydrogens (tertiary/aromatic N) is 1. The maximum atomic E-state index is 11.0. The summed E-state index contributed by atoms with van der Waals surface area (Å²) in [5.41, 5.74) is 1.91. The van der Waals surface area contributed by atoms with Crippen LogP contribution in [-0.2, 0) is 20.8 Å². The summed E-state index contributed by atoms with van der Waals surface area (Å²) in [5, 5.41) is 0. The van der Waals surface area contributed by atoms with Crippen LogP contribution in [0.25, 0.3) is 0 Å². The number of benzene rings is 2. The van der Waals surface area contributed by atoms with Gasteiger partial charge in [-0.25, -0.2) is 0 Å². The van der Waals surface area contributed by atoms with Crippen LogP contribution in [0.2, 0.25) is 0 Å². The topological polar surface area (TPSA) is 140 Å². The lowest BCUT2D eigenvalue weighted by molar-refractivity contribution is 0.384. The Bertz CT molecular complexity index is 1190. The predicted molar refractivity (Wildman–Crippen MR) is 102 cm³/mol. The molecule has 0 aliphatic rings. The first kappa shape index (κ1) is 20.7. The second-order valence-electron chi connectivity index (χ2n) is 5.85. The number of hydrogen-bond acceptors (Lipinski definition) is 7. The molecule has 1 heterocycles. The Balaban J connectivity index is 2.04. The second-order valence-corrected chi connectivity index (χ2v) is 7.90. The predicted octanol–water partition coefficient (Wildman–Crippen LogP) is 2.63. The molecule has 1 aromatic heterocycles. The van der Waals surface area contributed by atoms with Gasteiger partial charge in [0.05, 0.1) is 11.6 Å². The van der Waals surface area contributed by atoms with E-state index in [1.165, 1.54) is 30.5 Å². The van der Waals surface area contributed by atoms with Gasteiger partial charge in [-0.15, -0.1) is 0 Å². The van der Waals surface area contributed by atoms with Crippen molar-refractivity contribution in [3.8, 4) is 11.5 Å². The van der Waals surface area contributed by atoms with Crippen LogP contribution < -0.4 is 8.37 Å². The third kappa shape index (κ3) is 5.99. The van der Waals surface area contributed by atoms with Gasteiger partial charge in [0, 0.05) is 18.3 Å². The van der Waals surface area contributed by atoms with Gasteiger partial charge in [-0.2, -0.15) is 16.8 Å². The molecule has 2 N–H and O–H groups in total. The minimum Gasteiger partial charge on any atom is -0.362 e. The fourth-order valence-corrected chi connectivity index (χ4v) is 3.48. The molecule has 9 nitrogen and oxygen atoms in total. The third-order valence-electron chi connectivity index (χ3n) is 3.80. The minimum atomic E-state index is -4.70. The quantitative estimate of drug-likeness (QED) is 0.534. The van der Waals surface area contributed by atoms with Gasteiger partial charge in [-0.1, -0.05) is 42.5 Å². The summed E-state index contributed by atoms with van der Waals surface area (Å²) in [6.07, 6.45) is 1.33. The normalized spacial score (nSPS) is 12.9. The lowest BCUT2D eigenvalue weighted by atomic mass is 9.88. The lowest BCUT2D eigenvalue weighted by Crippen LogP contribution is -2.10. The summed E-state index contributed by atoms with van der Waals surface area (Å²) in [4.78, 5) is 4.28. The molecule has 152 valence electrons. The van der Waals surface area contributed by atoms with Crippen LogP contribution in [0.1, 0.15) is 22.7 Å². The first-order chi connectivity index (χ1) is 13.6. The van der Waals surface area contributed by atoms with Crippen molar-refractivity contribution in [1.29, 1.82) is 0 Å². The van der Waals surface area contributed by atoms with Crippen molar-refractivity contribution in [3.05, 3.63) is 89.7 Å². The van der Waals surface area contributed by atoms with E-state index in [0.717, 1.165) is 5.56 Å². The molecule has 0 saturated carbocycles. The number of pyridine rings is 1. The standard InChI is InChI=1S/C18H15NO8S2/c20-28(21,22)26-15-8-6-14(7-9-15)18(13-4-2-1-3-5-13)17-12-16(10-11-19-17)27-29(23,24)25/h1-12,18H,(H,20,21,22)(H,23,24,25). The maximum absolute atomic E-state index is 11.0. The molecular formula is C18H15NO8S2. The highest BCUT2D eigenvalue weighted by molar-refractivity contribution is 7.81. The summed E-state index contributed by atoms with van der Waals surface area (Å²) >= 11 is 0. The molecule has 3 rings (SSSR count). The van der Waals surface area contributed by atoms with Crippen LogP contribution in [-0.4, -0.2) is 30.9 Å². The van der Waals surface area contributed by atoms with Crippen LogP contribution in [0.4, 0.5) is 0 Å². The van der Waals surface area contributed by atoms with Crippen LogP contribution in [0.5, 0.6) is 11.5 Å². The molecule has 29 heavy (non-hydrogen) atoms. The highest BCUT2D eigenvalue weighted by atomic mass is 32.3. The molecule has 2 aromatic carbocycles. The van der Waals surface area contributed by atoms with Gasteiger partial charge in [0.25, 0.3) is 0 Å². The first-order valence-electron chi connectivity index (χ1n) is 8.05. The molecule has 0 fully saturated rings. The Morgan fingerprint density at radius 2 is 1.28 bits per heavy atom. The summed E-state index contributed by atoms with van der Waals surface area (Å²) < 4.78 is 70.3. The van der Waals surface area contributed by atoms with Crippen LogP contribution in [0.3, 0.4) is 0 Å². The molecule has 0 radical (unpaired) electrons. The Kier molecular flexibility index (Phi) is 5.84. The van der Waals surface area contributed by atoms with Crippen LogP contribution >= 0.6 is 0 Å². The summed E-state index contributed by atoms with van der Waals surface area (Å²) in [7, 11) is -9.34. The average Bonchev–Trinajstić information content (AvgIpc) is 2.62. The van der Waals surface area contributed by atoms with E-state index in [1.54, 1.807) is 12.1 Å². The Labute approximate surface area is 167 Å². The SMILES string of the molecule is O=S(=O)(O)Oc1ccc(C(c2ccccc2)c2cc(OS(=O)(=O)O)ccn2)cc1. The van der Waals surface area contributed by atoms with Gasteiger partial charge in [-0.05, 0) is 23.3 Å². The fourth-order valence-electron chi connectivity index (χ4n) is 2.78. The molecular weight excluding hydrogens is 422 g/mol.